The molecule has 1 aliphatic rings. The molecule has 1 aromatic carbocycles. The standard InChI is InChI=1S/C41H64N7O19P3/c1-39(2,17-7-9-26-11-13-27(14-12-26)10-8-18-41(5,6)62-25-49)29(50)15-19-43-30(51)16-20-44-37(54)34(53)40(3,4)22-64-70(60,61)67-69(58,59)63-21-28-33(66-68(55,56)57)32(52)38(65-28)48-24-47-31-35(42)45-23-46-36(31)48/h11-14,23-25,28,32-34,38,52-53H,7-10,15-22H2,1-6H3,(H,43,51)(H,44,54)(H,58,59)(H,60,61)(H2,42,45,46)(H2,55,56,57). The van der Waals surface area contributed by atoms with E-state index in [2.05, 4.69) is 58.7 Å². The summed E-state index contributed by atoms with van der Waals surface area (Å²) in [4.78, 5) is 100. The van der Waals surface area contributed by atoms with E-state index in [1.54, 1.807) is 0 Å². The van der Waals surface area contributed by atoms with Crippen molar-refractivity contribution in [3.05, 3.63) is 48.0 Å². The minimum Gasteiger partial charge on any atom is -0.462 e. The van der Waals surface area contributed by atoms with E-state index in [0.29, 0.717) is 12.9 Å². The number of carbonyl (C=O) groups excluding carboxylic acids is 4. The molecule has 4 rings (SSSR count). The molecule has 10 N–H and O–H groups in total. The number of ether oxygens (including phenoxy) is 2. The van der Waals surface area contributed by atoms with E-state index in [1.165, 1.54) is 19.4 Å². The van der Waals surface area contributed by atoms with Crippen LogP contribution in [-0.2, 0) is 73.1 Å². The third-order valence-electron chi connectivity index (χ3n) is 11.4. The first-order valence-electron chi connectivity index (χ1n) is 22.1. The van der Waals surface area contributed by atoms with E-state index >= 15 is 0 Å². The van der Waals surface area contributed by atoms with Crippen LogP contribution in [0.25, 0.3) is 11.2 Å². The molecule has 1 fully saturated rings. The van der Waals surface area contributed by atoms with E-state index in [1.807, 2.05) is 27.7 Å². The van der Waals surface area contributed by atoms with Crippen molar-refractivity contribution in [1.29, 1.82) is 0 Å². The molecular formula is C41H64N7O19P3. The molecule has 0 radical (unpaired) electrons. The maximum absolute atomic E-state index is 13.0. The van der Waals surface area contributed by atoms with Gasteiger partial charge in [0.25, 0.3) is 6.47 Å². The van der Waals surface area contributed by atoms with Crippen LogP contribution in [0.15, 0.2) is 36.9 Å². The zero-order valence-electron chi connectivity index (χ0n) is 39.6. The first-order chi connectivity index (χ1) is 32.4. The number of nitrogens with one attached hydrogen (secondary N) is 2. The van der Waals surface area contributed by atoms with Gasteiger partial charge in [0.05, 0.1) is 19.5 Å². The number of amides is 2. The van der Waals surface area contributed by atoms with Gasteiger partial charge in [0.1, 0.15) is 47.6 Å². The van der Waals surface area contributed by atoms with Crippen LogP contribution in [0.3, 0.4) is 0 Å². The van der Waals surface area contributed by atoms with Crippen molar-refractivity contribution in [3.63, 3.8) is 0 Å². The van der Waals surface area contributed by atoms with Crippen molar-refractivity contribution in [3.8, 4) is 0 Å². The molecule has 0 bridgehead atoms. The number of phosphoric acid groups is 3. The van der Waals surface area contributed by atoms with E-state index in [4.69, 9.17) is 24.3 Å². The number of ketones is 1. The topological polar surface area (TPSA) is 390 Å². The Labute approximate surface area is 403 Å². The van der Waals surface area contributed by atoms with Crippen LogP contribution >= 0.6 is 23.5 Å². The van der Waals surface area contributed by atoms with E-state index in [-0.39, 0.29) is 48.7 Å². The predicted octanol–water partition coefficient (Wildman–Crippen LogP) is 2.69. The summed E-state index contributed by atoms with van der Waals surface area (Å²) in [6, 6.07) is 8.31. The van der Waals surface area contributed by atoms with E-state index in [9.17, 15) is 62.7 Å². The van der Waals surface area contributed by atoms with Crippen LogP contribution in [0.5, 0.6) is 0 Å². The molecule has 3 aromatic rings. The van der Waals surface area contributed by atoms with Gasteiger partial charge in [-0.3, -0.25) is 37.3 Å². The first-order valence-corrected chi connectivity index (χ1v) is 26.6. The first kappa shape index (κ1) is 58.5. The Bertz CT molecular complexity index is 2410. The normalized spacial score (nSPS) is 20.1. The second kappa shape index (κ2) is 24.5. The molecule has 29 heteroatoms. The molecule has 7 unspecified atom stereocenters. The number of benzene rings is 1. The van der Waals surface area contributed by atoms with E-state index < -0.39 is 95.6 Å². The number of carbonyl (C=O) groups is 4. The zero-order chi connectivity index (χ0) is 52.3. The highest BCUT2D eigenvalue weighted by atomic mass is 31.3. The van der Waals surface area contributed by atoms with Gasteiger partial charge < -0.3 is 55.6 Å². The second-order valence-corrected chi connectivity index (χ2v) is 22.9. The maximum atomic E-state index is 13.0. The number of nitrogens with zero attached hydrogens (tertiary/aromatic N) is 4. The summed E-state index contributed by atoms with van der Waals surface area (Å²) in [5.74, 6) is -1.55. The highest BCUT2D eigenvalue weighted by Crippen LogP contribution is 2.61. The average molecular weight is 1050 g/mol. The zero-order valence-corrected chi connectivity index (χ0v) is 42.3. The number of nitrogens with two attached hydrogens (primary N) is 1. The average Bonchev–Trinajstić information content (AvgIpc) is 3.82. The van der Waals surface area contributed by atoms with Crippen LogP contribution in [0.1, 0.15) is 97.4 Å². The van der Waals surface area contributed by atoms with Crippen LogP contribution in [0.4, 0.5) is 5.82 Å². The quantitative estimate of drug-likeness (QED) is 0.0342. The molecule has 2 amide bonds. The van der Waals surface area contributed by atoms with Crippen LogP contribution in [0, 0.1) is 10.8 Å². The number of nitrogen functional groups attached to an aromatic ring is 1. The molecule has 0 aliphatic carbocycles. The lowest BCUT2D eigenvalue weighted by Gasteiger charge is -2.30. The number of hydrogen-bond acceptors (Lipinski definition) is 19. The third kappa shape index (κ3) is 17.9. The number of phosphoric ester groups is 3. The van der Waals surface area contributed by atoms with Gasteiger partial charge in [-0.2, -0.15) is 4.31 Å². The predicted molar refractivity (Wildman–Crippen MR) is 247 cm³/mol. The van der Waals surface area contributed by atoms with Gasteiger partial charge in [0.2, 0.25) is 11.8 Å². The highest BCUT2D eigenvalue weighted by Gasteiger charge is 2.50. The molecule has 392 valence electrons. The number of aromatic nitrogens is 4. The van der Waals surface area contributed by atoms with Crippen molar-refractivity contribution in [2.45, 2.75) is 129 Å². The molecule has 3 heterocycles. The number of Topliss-reactive ketones (excluding diaryl/α,β-unsaturated/α-hetero) is 1. The maximum Gasteiger partial charge on any atom is 0.481 e. The number of anilines is 1. The van der Waals surface area contributed by atoms with Gasteiger partial charge in [0, 0.05) is 36.8 Å². The largest absolute Gasteiger partial charge is 0.481 e. The third-order valence-corrected chi connectivity index (χ3v) is 14.5. The number of aliphatic hydroxyl groups excluding tert-OH is 2. The lowest BCUT2D eigenvalue weighted by atomic mass is 9.81. The fraction of sp³-hybridized carbons (Fsp3) is 0.634. The summed E-state index contributed by atoms with van der Waals surface area (Å²) in [6.45, 7) is 8.23. The Morgan fingerprint density at radius 3 is 2.10 bits per heavy atom. The van der Waals surface area contributed by atoms with Gasteiger partial charge in [-0.1, -0.05) is 52.0 Å². The van der Waals surface area contributed by atoms with Crippen molar-refractivity contribution in [2.24, 2.45) is 10.8 Å². The Hall–Kier alpha value is -4.10. The summed E-state index contributed by atoms with van der Waals surface area (Å²) in [5, 5.41) is 26.6. The fourth-order valence-corrected chi connectivity index (χ4v) is 10.1. The minimum absolute atomic E-state index is 0.0249. The van der Waals surface area contributed by atoms with Gasteiger partial charge in [0.15, 0.2) is 17.7 Å². The van der Waals surface area contributed by atoms with Crippen molar-refractivity contribution in [1.82, 2.24) is 30.2 Å². The molecule has 7 atom stereocenters. The lowest BCUT2D eigenvalue weighted by molar-refractivity contribution is -0.141. The summed E-state index contributed by atoms with van der Waals surface area (Å²) < 4.78 is 67.6. The Kier molecular flexibility index (Phi) is 20.5. The number of hydrogen-bond donors (Lipinski definition) is 9. The molecule has 0 saturated carbocycles. The molecule has 0 spiro atoms. The molecule has 1 saturated heterocycles. The van der Waals surface area contributed by atoms with Gasteiger partial charge >= 0.3 is 23.5 Å². The Morgan fingerprint density at radius 1 is 0.886 bits per heavy atom. The summed E-state index contributed by atoms with van der Waals surface area (Å²) in [5.41, 5.74) is 5.45. The molecular weight excluding hydrogens is 987 g/mol. The monoisotopic (exact) mass is 1050 g/mol. The smallest absolute Gasteiger partial charge is 0.462 e. The van der Waals surface area contributed by atoms with Crippen molar-refractivity contribution >= 4 is 64.5 Å². The number of aliphatic hydroxyl groups is 2. The van der Waals surface area contributed by atoms with Crippen molar-refractivity contribution in [2.75, 3.05) is 32.0 Å². The summed E-state index contributed by atoms with van der Waals surface area (Å²) >= 11 is 0. The molecule has 1 aliphatic heterocycles. The Balaban J connectivity index is 1.15. The van der Waals surface area contributed by atoms with Gasteiger partial charge in [-0.05, 0) is 63.5 Å². The van der Waals surface area contributed by atoms with Gasteiger partial charge in [-0.25, -0.2) is 28.6 Å². The van der Waals surface area contributed by atoms with Crippen LogP contribution in [0.2, 0.25) is 0 Å². The summed E-state index contributed by atoms with van der Waals surface area (Å²) in [7, 11) is -16.5. The van der Waals surface area contributed by atoms with Crippen LogP contribution in [-0.4, -0.2) is 130 Å². The molecule has 2 aromatic heterocycles. The van der Waals surface area contributed by atoms with Crippen LogP contribution < -0.4 is 16.4 Å². The molecule has 70 heavy (non-hydrogen) atoms. The van der Waals surface area contributed by atoms with E-state index in [0.717, 1.165) is 54.9 Å². The summed E-state index contributed by atoms with van der Waals surface area (Å²) in [6.07, 6.45) is -2.27. The fourth-order valence-electron chi connectivity index (χ4n) is 7.25. The Morgan fingerprint density at radius 2 is 1.49 bits per heavy atom. The number of rotatable bonds is 30. The lowest BCUT2D eigenvalue weighted by Crippen LogP contribution is -2.46. The van der Waals surface area contributed by atoms with Gasteiger partial charge in [-0.15, -0.1) is 0 Å². The van der Waals surface area contributed by atoms with Crippen molar-refractivity contribution < 1.29 is 90.0 Å². The number of imidazole rings is 1. The SMILES string of the molecule is CC(C)(CCCc1ccc(CCCC(C)(C)C(=O)CCNC(=O)CCNC(=O)C(O)C(C)(C)COP(=O)(O)OP(=O)(O)OCC2OC(n3cnc4c(N)ncnc43)C(O)C2OP(=O)(O)O)cc1)OC=O. The number of fused-ring (bicyclic) bond motifs is 1. The second-order valence-electron chi connectivity index (χ2n) is 18.6. The molecule has 26 nitrogen and oxygen atoms in total. The number of aryl methyl sites for hydroxylation is 2. The highest BCUT2D eigenvalue weighted by molar-refractivity contribution is 7.61. The minimum atomic E-state index is -5.60.